The van der Waals surface area contributed by atoms with Crippen LogP contribution in [0, 0.1) is 6.92 Å². The first-order chi connectivity index (χ1) is 8.15. The first-order valence-electron chi connectivity index (χ1n) is 5.69. The molecule has 0 aromatic heterocycles. The molecular weight excluding hydrogens is 216 g/mol. The fourth-order valence-corrected chi connectivity index (χ4v) is 1.95. The molecule has 4 nitrogen and oxygen atoms in total. The van der Waals surface area contributed by atoms with Gasteiger partial charge in [0, 0.05) is 11.6 Å². The molecule has 1 atom stereocenters. The Hall–Kier alpha value is -1.71. The summed E-state index contributed by atoms with van der Waals surface area (Å²) in [6.07, 6.45) is 0. The highest BCUT2D eigenvalue weighted by molar-refractivity contribution is 6.01. The topological polar surface area (TPSA) is 42.8 Å². The van der Waals surface area contributed by atoms with Crippen molar-refractivity contribution in [1.29, 1.82) is 0 Å². The molecule has 1 heterocycles. The highest BCUT2D eigenvalue weighted by Gasteiger charge is 2.18. The molecule has 1 aliphatic rings. The third-order valence-corrected chi connectivity index (χ3v) is 2.89. The van der Waals surface area contributed by atoms with Crippen molar-refractivity contribution in [2.45, 2.75) is 19.9 Å². The van der Waals surface area contributed by atoms with E-state index in [2.05, 4.69) is 17.2 Å². The van der Waals surface area contributed by atoms with Crippen molar-refractivity contribution in [3.8, 4) is 11.5 Å². The third-order valence-electron chi connectivity index (χ3n) is 2.89. The van der Waals surface area contributed by atoms with E-state index in [0.717, 1.165) is 35.0 Å². The van der Waals surface area contributed by atoms with Gasteiger partial charge < -0.3 is 14.8 Å². The lowest BCUT2D eigenvalue weighted by Crippen LogP contribution is -2.28. The summed E-state index contributed by atoms with van der Waals surface area (Å²) in [5.41, 5.74) is 2.20. The van der Waals surface area contributed by atoms with E-state index in [0.29, 0.717) is 6.04 Å². The highest BCUT2D eigenvalue weighted by atomic mass is 16.5. The number of methoxy groups -OCH3 is 2. The molecule has 0 saturated carbocycles. The largest absolute Gasteiger partial charge is 0.493 e. The summed E-state index contributed by atoms with van der Waals surface area (Å²) in [6.45, 7) is 4.99. The Kier molecular flexibility index (Phi) is 3.22. The van der Waals surface area contributed by atoms with Crippen LogP contribution >= 0.6 is 0 Å². The fraction of sp³-hybridized carbons (Fsp3) is 0.462. The zero-order valence-electron chi connectivity index (χ0n) is 10.7. The molecule has 0 bridgehead atoms. The van der Waals surface area contributed by atoms with Crippen molar-refractivity contribution in [3.63, 3.8) is 0 Å². The lowest BCUT2D eigenvalue weighted by Gasteiger charge is -2.13. The van der Waals surface area contributed by atoms with E-state index in [1.165, 1.54) is 0 Å². The Morgan fingerprint density at radius 3 is 2.41 bits per heavy atom. The summed E-state index contributed by atoms with van der Waals surface area (Å²) < 4.78 is 10.6. The molecular formula is C13H18N2O2. The van der Waals surface area contributed by atoms with Crippen LogP contribution < -0.4 is 14.8 Å². The van der Waals surface area contributed by atoms with Gasteiger partial charge in [0.2, 0.25) is 0 Å². The van der Waals surface area contributed by atoms with E-state index >= 15 is 0 Å². The van der Waals surface area contributed by atoms with Gasteiger partial charge in [0.25, 0.3) is 0 Å². The minimum absolute atomic E-state index is 0.400. The molecule has 92 valence electrons. The first-order valence-corrected chi connectivity index (χ1v) is 5.69. The molecule has 0 amide bonds. The summed E-state index contributed by atoms with van der Waals surface area (Å²) in [4.78, 5) is 4.49. The van der Waals surface area contributed by atoms with Crippen LogP contribution in [0.15, 0.2) is 17.1 Å². The van der Waals surface area contributed by atoms with Crippen LogP contribution in [-0.4, -0.2) is 32.6 Å². The van der Waals surface area contributed by atoms with Gasteiger partial charge in [0.15, 0.2) is 11.5 Å². The Bertz CT molecular complexity index is 455. The van der Waals surface area contributed by atoms with E-state index in [-0.39, 0.29) is 0 Å². The van der Waals surface area contributed by atoms with Crippen LogP contribution in [0.3, 0.4) is 0 Å². The van der Waals surface area contributed by atoms with Gasteiger partial charge in [0.05, 0.1) is 20.8 Å². The molecule has 1 aromatic carbocycles. The Morgan fingerprint density at radius 1 is 1.24 bits per heavy atom. The summed E-state index contributed by atoms with van der Waals surface area (Å²) in [7, 11) is 3.29. The molecule has 0 saturated heterocycles. The molecule has 1 unspecified atom stereocenters. The van der Waals surface area contributed by atoms with Crippen molar-refractivity contribution in [1.82, 2.24) is 5.32 Å². The molecule has 0 spiro atoms. The van der Waals surface area contributed by atoms with E-state index in [1.54, 1.807) is 14.2 Å². The highest BCUT2D eigenvalue weighted by Crippen LogP contribution is 2.30. The minimum Gasteiger partial charge on any atom is -0.493 e. The van der Waals surface area contributed by atoms with Crippen LogP contribution in [0.4, 0.5) is 0 Å². The molecule has 0 aliphatic carbocycles. The van der Waals surface area contributed by atoms with Gasteiger partial charge in [-0.15, -0.1) is 0 Å². The van der Waals surface area contributed by atoms with Gasteiger partial charge in [-0.3, -0.25) is 4.99 Å². The summed E-state index contributed by atoms with van der Waals surface area (Å²) in [5.74, 6) is 2.42. The average Bonchev–Trinajstić information content (AvgIpc) is 2.75. The number of hydrogen-bond donors (Lipinski definition) is 1. The predicted octanol–water partition coefficient (Wildman–Crippen LogP) is 1.75. The van der Waals surface area contributed by atoms with Gasteiger partial charge >= 0.3 is 0 Å². The van der Waals surface area contributed by atoms with E-state index in [9.17, 15) is 0 Å². The molecule has 0 radical (unpaired) electrons. The number of hydrogen-bond acceptors (Lipinski definition) is 4. The Balaban J connectivity index is 2.41. The van der Waals surface area contributed by atoms with E-state index < -0.39 is 0 Å². The molecule has 1 N–H and O–H groups in total. The van der Waals surface area contributed by atoms with Crippen molar-refractivity contribution in [3.05, 3.63) is 23.3 Å². The van der Waals surface area contributed by atoms with Gasteiger partial charge in [-0.2, -0.15) is 0 Å². The second-order valence-corrected chi connectivity index (χ2v) is 4.26. The molecule has 1 aliphatic heterocycles. The third kappa shape index (κ3) is 2.20. The summed E-state index contributed by atoms with van der Waals surface area (Å²) >= 11 is 0. The smallest absolute Gasteiger partial charge is 0.161 e. The number of aryl methyl sites for hydroxylation is 1. The van der Waals surface area contributed by atoms with Crippen molar-refractivity contribution in [2.24, 2.45) is 4.99 Å². The maximum absolute atomic E-state index is 5.31. The maximum Gasteiger partial charge on any atom is 0.161 e. The zero-order chi connectivity index (χ0) is 12.4. The van der Waals surface area contributed by atoms with E-state index in [1.807, 2.05) is 19.1 Å². The van der Waals surface area contributed by atoms with Gasteiger partial charge in [-0.1, -0.05) is 0 Å². The average molecular weight is 234 g/mol. The SMILES string of the molecule is COc1cc(C)c(C2=NCC(C)N2)cc1OC. The van der Waals surface area contributed by atoms with Gasteiger partial charge in [-0.25, -0.2) is 0 Å². The minimum atomic E-state index is 0.400. The van der Waals surface area contributed by atoms with Crippen LogP contribution in [0.5, 0.6) is 11.5 Å². The van der Waals surface area contributed by atoms with Gasteiger partial charge in [-0.05, 0) is 31.5 Å². The molecule has 4 heteroatoms. The standard InChI is InChI=1S/C13H18N2O2/c1-8-5-11(16-3)12(17-4)6-10(8)13-14-7-9(2)15-13/h5-6,9H,7H2,1-4H3,(H,14,15). The molecule has 1 aromatic rings. The lowest BCUT2D eigenvalue weighted by molar-refractivity contribution is 0.354. The molecule has 2 rings (SSSR count). The normalized spacial score (nSPS) is 18.6. The van der Waals surface area contributed by atoms with E-state index in [4.69, 9.17) is 9.47 Å². The number of nitrogens with one attached hydrogen (secondary N) is 1. The fourth-order valence-electron chi connectivity index (χ4n) is 1.95. The maximum atomic E-state index is 5.31. The summed E-state index contributed by atoms with van der Waals surface area (Å²) in [6, 6.07) is 4.34. The van der Waals surface area contributed by atoms with Gasteiger partial charge in [0.1, 0.15) is 5.84 Å². The second kappa shape index (κ2) is 4.65. The number of rotatable bonds is 3. The lowest BCUT2D eigenvalue weighted by atomic mass is 10.1. The number of amidine groups is 1. The first kappa shape index (κ1) is 11.8. The Morgan fingerprint density at radius 2 is 1.88 bits per heavy atom. The van der Waals surface area contributed by atoms with Crippen LogP contribution in [0.2, 0.25) is 0 Å². The van der Waals surface area contributed by atoms with Crippen molar-refractivity contribution >= 4 is 5.84 Å². The Labute approximate surface area is 102 Å². The van der Waals surface area contributed by atoms with Crippen LogP contribution in [-0.2, 0) is 0 Å². The number of ether oxygens (including phenoxy) is 2. The predicted molar refractivity (Wildman–Crippen MR) is 68.3 cm³/mol. The zero-order valence-corrected chi connectivity index (χ0v) is 10.7. The monoisotopic (exact) mass is 234 g/mol. The van der Waals surface area contributed by atoms with Crippen molar-refractivity contribution in [2.75, 3.05) is 20.8 Å². The van der Waals surface area contributed by atoms with Crippen molar-refractivity contribution < 1.29 is 9.47 Å². The number of aliphatic imine (C=N–C) groups is 1. The number of nitrogens with zero attached hydrogens (tertiary/aromatic N) is 1. The number of benzene rings is 1. The molecule has 17 heavy (non-hydrogen) atoms. The second-order valence-electron chi connectivity index (χ2n) is 4.26. The van der Waals surface area contributed by atoms with Crippen LogP contribution in [0.1, 0.15) is 18.1 Å². The summed E-state index contributed by atoms with van der Waals surface area (Å²) in [5, 5.41) is 3.35. The van der Waals surface area contributed by atoms with Crippen LogP contribution in [0.25, 0.3) is 0 Å². The molecule has 0 fully saturated rings. The quantitative estimate of drug-likeness (QED) is 0.866.